The minimum absolute atomic E-state index is 0.660. The average Bonchev–Trinajstić information content (AvgIpc) is 3.48. The highest BCUT2D eigenvalue weighted by Crippen LogP contribution is 2.30. The summed E-state index contributed by atoms with van der Waals surface area (Å²) in [5.74, 6) is 2.25. The molecule has 0 spiro atoms. The number of anilines is 1. The lowest BCUT2D eigenvalue weighted by molar-refractivity contribution is 0.312. The first-order valence-electron chi connectivity index (χ1n) is 10.8. The Kier molecular flexibility index (Phi) is 4.65. The molecule has 5 aromatic rings. The smallest absolute Gasteiger partial charge is 0.161 e. The van der Waals surface area contributed by atoms with Crippen molar-refractivity contribution in [3.8, 4) is 28.5 Å². The number of imidazole rings is 1. The zero-order chi connectivity index (χ0) is 22.4. The fourth-order valence-electron chi connectivity index (χ4n) is 4.18. The van der Waals surface area contributed by atoms with Gasteiger partial charge >= 0.3 is 0 Å². The molecule has 0 saturated carbocycles. The predicted octanol–water partition coefficient (Wildman–Crippen LogP) is 2.72. The summed E-state index contributed by atoms with van der Waals surface area (Å²) in [4.78, 5) is 26.7. The first kappa shape index (κ1) is 19.6. The minimum Gasteiger partial charge on any atom is -0.495 e. The van der Waals surface area contributed by atoms with Crippen LogP contribution in [0, 0.1) is 0 Å². The summed E-state index contributed by atoms with van der Waals surface area (Å²) < 4.78 is 5.31. The zero-order valence-electron chi connectivity index (χ0n) is 18.4. The summed E-state index contributed by atoms with van der Waals surface area (Å²) in [5, 5.41) is 7.59. The van der Waals surface area contributed by atoms with E-state index in [1.54, 1.807) is 19.5 Å². The fourth-order valence-corrected chi connectivity index (χ4v) is 4.18. The second-order valence-corrected chi connectivity index (χ2v) is 8.18. The van der Waals surface area contributed by atoms with Gasteiger partial charge in [-0.1, -0.05) is 0 Å². The van der Waals surface area contributed by atoms with Crippen LogP contribution < -0.4 is 9.64 Å². The van der Waals surface area contributed by atoms with Gasteiger partial charge in [0.15, 0.2) is 17.3 Å². The van der Waals surface area contributed by atoms with Crippen LogP contribution in [0.25, 0.3) is 44.8 Å². The second kappa shape index (κ2) is 7.82. The van der Waals surface area contributed by atoms with Gasteiger partial charge in [0, 0.05) is 44.1 Å². The standard InChI is InChI=1S/C23H23N9O/c1-31-7-9-32(10-8-31)23-20-17(5-6-25-23)27-22(28-20)21-19-18(29-30-21)4-3-16(26-19)14-11-15(33-2)13-24-12-14/h3-6,11-13H,7-10H2,1-2H3,(H,27,28)(H,29,30). The highest BCUT2D eigenvalue weighted by atomic mass is 16.5. The third kappa shape index (κ3) is 3.44. The number of rotatable bonds is 4. The molecule has 0 radical (unpaired) electrons. The quantitative estimate of drug-likeness (QED) is 0.438. The molecular weight excluding hydrogens is 418 g/mol. The summed E-state index contributed by atoms with van der Waals surface area (Å²) in [7, 11) is 3.77. The molecular formula is C23H23N9O. The van der Waals surface area contributed by atoms with Gasteiger partial charge < -0.3 is 19.5 Å². The van der Waals surface area contributed by atoms with Crippen LogP contribution in [-0.2, 0) is 0 Å². The van der Waals surface area contributed by atoms with Crippen LogP contribution in [0.15, 0.2) is 42.9 Å². The number of H-pyrrole nitrogens is 2. The van der Waals surface area contributed by atoms with Gasteiger partial charge in [-0.3, -0.25) is 10.1 Å². The first-order valence-corrected chi connectivity index (χ1v) is 10.8. The van der Waals surface area contributed by atoms with Gasteiger partial charge in [-0.15, -0.1) is 0 Å². The fraction of sp³-hybridized carbons (Fsp3) is 0.261. The molecule has 0 bridgehead atoms. The molecule has 6 heterocycles. The molecule has 10 nitrogen and oxygen atoms in total. The monoisotopic (exact) mass is 441 g/mol. The molecule has 0 aromatic carbocycles. The van der Waals surface area contributed by atoms with Crippen LogP contribution in [0.3, 0.4) is 0 Å². The van der Waals surface area contributed by atoms with E-state index in [0.29, 0.717) is 17.3 Å². The second-order valence-electron chi connectivity index (χ2n) is 8.18. The van der Waals surface area contributed by atoms with E-state index in [1.807, 2.05) is 30.5 Å². The molecule has 10 heteroatoms. The van der Waals surface area contributed by atoms with E-state index in [2.05, 4.69) is 42.0 Å². The maximum absolute atomic E-state index is 5.31. The van der Waals surface area contributed by atoms with Crippen molar-refractivity contribution in [2.24, 2.45) is 0 Å². The average molecular weight is 441 g/mol. The van der Waals surface area contributed by atoms with Crippen LogP contribution >= 0.6 is 0 Å². The van der Waals surface area contributed by atoms with E-state index < -0.39 is 0 Å². The minimum atomic E-state index is 0.660. The molecule has 1 fully saturated rings. The highest BCUT2D eigenvalue weighted by Gasteiger charge is 2.21. The number of methoxy groups -OCH3 is 1. The number of fused-ring (bicyclic) bond motifs is 2. The molecule has 0 unspecified atom stereocenters. The van der Waals surface area contributed by atoms with Crippen LogP contribution in [-0.4, -0.2) is 80.4 Å². The molecule has 0 aliphatic carbocycles. The Balaban J connectivity index is 1.43. The molecule has 0 amide bonds. The molecule has 0 atom stereocenters. The lowest BCUT2D eigenvalue weighted by Crippen LogP contribution is -2.44. The number of nitrogens with zero attached hydrogens (tertiary/aromatic N) is 7. The van der Waals surface area contributed by atoms with Gasteiger partial charge in [-0.2, -0.15) is 5.10 Å². The van der Waals surface area contributed by atoms with Gasteiger partial charge in [0.25, 0.3) is 0 Å². The lowest BCUT2D eigenvalue weighted by Gasteiger charge is -2.33. The summed E-state index contributed by atoms with van der Waals surface area (Å²) in [6, 6.07) is 7.76. The number of hydrogen-bond donors (Lipinski definition) is 2. The third-order valence-electron chi connectivity index (χ3n) is 6.06. The molecule has 6 rings (SSSR count). The van der Waals surface area contributed by atoms with E-state index in [9.17, 15) is 0 Å². The van der Waals surface area contributed by atoms with E-state index in [4.69, 9.17) is 14.7 Å². The first-order chi connectivity index (χ1) is 16.2. The molecule has 1 aliphatic heterocycles. The molecule has 166 valence electrons. The Morgan fingerprint density at radius 3 is 2.70 bits per heavy atom. The topological polar surface area (TPSA) is 112 Å². The van der Waals surface area contributed by atoms with Gasteiger partial charge in [0.1, 0.15) is 16.8 Å². The molecule has 33 heavy (non-hydrogen) atoms. The Labute approximate surface area is 189 Å². The number of piperazine rings is 1. The molecule has 1 aliphatic rings. The zero-order valence-corrected chi connectivity index (χ0v) is 18.4. The van der Waals surface area contributed by atoms with Crippen LogP contribution in [0.4, 0.5) is 5.82 Å². The summed E-state index contributed by atoms with van der Waals surface area (Å²) in [6.07, 6.45) is 5.27. The van der Waals surface area contributed by atoms with E-state index in [1.165, 1.54) is 0 Å². The number of aromatic nitrogens is 7. The molecule has 1 saturated heterocycles. The third-order valence-corrected chi connectivity index (χ3v) is 6.06. The van der Waals surface area contributed by atoms with Crippen molar-refractivity contribution in [2.45, 2.75) is 0 Å². The van der Waals surface area contributed by atoms with E-state index in [-0.39, 0.29) is 0 Å². The number of nitrogens with one attached hydrogen (secondary N) is 2. The highest BCUT2D eigenvalue weighted by molar-refractivity contribution is 5.94. The van der Waals surface area contributed by atoms with Crippen molar-refractivity contribution < 1.29 is 4.74 Å². The predicted molar refractivity (Wildman–Crippen MR) is 126 cm³/mol. The van der Waals surface area contributed by atoms with Crippen molar-refractivity contribution in [3.63, 3.8) is 0 Å². The van der Waals surface area contributed by atoms with Crippen LogP contribution in [0.5, 0.6) is 5.75 Å². The van der Waals surface area contributed by atoms with Crippen molar-refractivity contribution in [3.05, 3.63) is 42.9 Å². The van der Waals surface area contributed by atoms with Crippen LogP contribution in [0.2, 0.25) is 0 Å². The van der Waals surface area contributed by atoms with Gasteiger partial charge in [0.2, 0.25) is 0 Å². The largest absolute Gasteiger partial charge is 0.495 e. The number of hydrogen-bond acceptors (Lipinski definition) is 8. The van der Waals surface area contributed by atoms with Crippen molar-refractivity contribution in [1.82, 2.24) is 40.0 Å². The van der Waals surface area contributed by atoms with E-state index in [0.717, 1.165) is 65.3 Å². The van der Waals surface area contributed by atoms with Gasteiger partial charge in [-0.05, 0) is 31.3 Å². The summed E-state index contributed by atoms with van der Waals surface area (Å²) in [6.45, 7) is 3.86. The Morgan fingerprint density at radius 1 is 0.970 bits per heavy atom. The summed E-state index contributed by atoms with van der Waals surface area (Å²) >= 11 is 0. The summed E-state index contributed by atoms with van der Waals surface area (Å²) in [5.41, 5.74) is 5.68. The molecule has 2 N–H and O–H groups in total. The van der Waals surface area contributed by atoms with Gasteiger partial charge in [-0.25, -0.2) is 15.0 Å². The maximum Gasteiger partial charge on any atom is 0.161 e. The van der Waals surface area contributed by atoms with Crippen molar-refractivity contribution in [2.75, 3.05) is 45.2 Å². The SMILES string of the molecule is COc1cncc(-c2ccc3[nH]nc(-c4nc5c(N6CCN(C)CC6)nccc5[nH]4)c3n2)c1. The Hall–Kier alpha value is -4.05. The van der Waals surface area contributed by atoms with Gasteiger partial charge in [0.05, 0.1) is 30.0 Å². The maximum atomic E-state index is 5.31. The Bertz CT molecular complexity index is 1450. The Morgan fingerprint density at radius 2 is 1.85 bits per heavy atom. The normalized spacial score (nSPS) is 14.9. The number of likely N-dealkylation sites (N-methyl/N-ethyl adjacent to an activating group) is 1. The number of ether oxygens (including phenoxy) is 1. The van der Waals surface area contributed by atoms with Crippen molar-refractivity contribution in [1.29, 1.82) is 0 Å². The van der Waals surface area contributed by atoms with Crippen molar-refractivity contribution >= 4 is 27.9 Å². The van der Waals surface area contributed by atoms with Crippen LogP contribution in [0.1, 0.15) is 0 Å². The molecule has 5 aromatic heterocycles. The lowest BCUT2D eigenvalue weighted by atomic mass is 10.1. The number of aromatic amines is 2. The number of pyridine rings is 3. The van der Waals surface area contributed by atoms with E-state index >= 15 is 0 Å².